The largest absolute Gasteiger partial charge is 0.301 e. The molecule has 17 heavy (non-hydrogen) atoms. The van der Waals surface area contributed by atoms with Gasteiger partial charge in [-0.05, 0) is 35.3 Å². The second kappa shape index (κ2) is 4.45. The lowest BCUT2D eigenvalue weighted by Gasteiger charge is -2.23. The van der Waals surface area contributed by atoms with Gasteiger partial charge in [0.25, 0.3) is 11.7 Å². The number of hydrogen-bond acceptors (Lipinski definition) is 2. The van der Waals surface area contributed by atoms with Crippen LogP contribution in [0.4, 0.5) is 0 Å². The first-order chi connectivity index (χ1) is 8.04. The van der Waals surface area contributed by atoms with Crippen molar-refractivity contribution in [2.75, 3.05) is 0 Å². The minimum atomic E-state index is -0.474. The van der Waals surface area contributed by atoms with E-state index in [9.17, 15) is 9.59 Å². The second-order valence-electron chi connectivity index (χ2n) is 4.13. The Morgan fingerprint density at radius 1 is 1.12 bits per heavy atom. The number of ketones is 1. The number of carbonyl (C=O) groups is 2. The van der Waals surface area contributed by atoms with E-state index in [2.05, 4.69) is 15.9 Å². The van der Waals surface area contributed by atoms with Crippen LogP contribution in [0.3, 0.4) is 0 Å². The van der Waals surface area contributed by atoms with Gasteiger partial charge in [0, 0.05) is 6.04 Å². The Balaban J connectivity index is 2.56. The predicted octanol–water partition coefficient (Wildman–Crippen LogP) is 2.57. The van der Waals surface area contributed by atoms with Gasteiger partial charge in [0.15, 0.2) is 0 Å². The molecule has 0 unspecified atom stereocenters. The Morgan fingerprint density at radius 3 is 2.24 bits per heavy atom. The van der Waals surface area contributed by atoms with E-state index in [0.717, 1.165) is 5.56 Å². The Labute approximate surface area is 108 Å². The van der Waals surface area contributed by atoms with Crippen molar-refractivity contribution in [3.8, 4) is 0 Å². The highest BCUT2D eigenvalue weighted by atomic mass is 79.9. The van der Waals surface area contributed by atoms with Gasteiger partial charge < -0.3 is 4.90 Å². The Hall–Kier alpha value is -1.42. The van der Waals surface area contributed by atoms with Crippen LogP contribution in [0.15, 0.2) is 34.8 Å². The van der Waals surface area contributed by atoms with E-state index in [1.54, 1.807) is 0 Å². The highest BCUT2D eigenvalue weighted by Crippen LogP contribution is 2.34. The summed E-state index contributed by atoms with van der Waals surface area (Å²) in [4.78, 5) is 25.1. The molecular weight excluding hydrogens is 282 g/mol. The van der Waals surface area contributed by atoms with Crippen LogP contribution < -0.4 is 0 Å². The summed E-state index contributed by atoms with van der Waals surface area (Å²) in [5.74, 6) is -0.941. The van der Waals surface area contributed by atoms with E-state index in [0.29, 0.717) is 10.2 Å². The third-order valence-electron chi connectivity index (χ3n) is 2.62. The number of nitrogens with zero attached hydrogens (tertiary/aromatic N) is 1. The van der Waals surface area contributed by atoms with Gasteiger partial charge in [-0.15, -0.1) is 0 Å². The molecule has 0 bridgehead atoms. The van der Waals surface area contributed by atoms with Crippen molar-refractivity contribution in [2.45, 2.75) is 19.9 Å². The van der Waals surface area contributed by atoms with E-state index in [1.807, 2.05) is 44.2 Å². The van der Waals surface area contributed by atoms with Crippen LogP contribution in [0, 0.1) is 0 Å². The topological polar surface area (TPSA) is 37.4 Å². The minimum Gasteiger partial charge on any atom is -0.301 e. The molecule has 3 nitrogen and oxygen atoms in total. The monoisotopic (exact) mass is 293 g/mol. The molecule has 0 aromatic heterocycles. The third-order valence-corrected chi connectivity index (χ3v) is 3.36. The van der Waals surface area contributed by atoms with Crippen LogP contribution >= 0.6 is 15.9 Å². The fourth-order valence-electron chi connectivity index (χ4n) is 1.87. The summed E-state index contributed by atoms with van der Waals surface area (Å²) >= 11 is 3.22. The molecule has 1 aromatic rings. The first-order valence-electron chi connectivity index (χ1n) is 5.37. The highest BCUT2D eigenvalue weighted by Gasteiger charge is 2.39. The second-order valence-corrected chi connectivity index (χ2v) is 4.92. The van der Waals surface area contributed by atoms with Crippen molar-refractivity contribution in [2.24, 2.45) is 0 Å². The van der Waals surface area contributed by atoms with E-state index in [-0.39, 0.29) is 6.04 Å². The molecule has 88 valence electrons. The molecular formula is C13H12BrNO2. The van der Waals surface area contributed by atoms with Gasteiger partial charge in [-0.2, -0.15) is 0 Å². The molecule has 0 radical (unpaired) electrons. The summed E-state index contributed by atoms with van der Waals surface area (Å²) < 4.78 is 0.349. The lowest BCUT2D eigenvalue weighted by Crippen LogP contribution is -2.34. The SMILES string of the molecule is CC(C)N1C(=O)C(=O)C(Br)=C1c1ccccc1. The number of hydrogen-bond donors (Lipinski definition) is 0. The fraction of sp³-hybridized carbons (Fsp3) is 0.231. The number of carbonyl (C=O) groups excluding carboxylic acids is 2. The van der Waals surface area contributed by atoms with Crippen LogP contribution in [0.2, 0.25) is 0 Å². The molecule has 1 aliphatic rings. The van der Waals surface area contributed by atoms with Gasteiger partial charge in [0.1, 0.15) is 0 Å². The standard InChI is InChI=1S/C13H12BrNO2/c1-8(2)15-11(9-6-4-3-5-7-9)10(14)12(16)13(15)17/h3-8H,1-2H3. The van der Waals surface area contributed by atoms with Crippen LogP contribution in [-0.4, -0.2) is 22.6 Å². The molecule has 1 aromatic carbocycles. The van der Waals surface area contributed by atoms with Crippen molar-refractivity contribution in [1.29, 1.82) is 0 Å². The molecule has 0 aliphatic carbocycles. The Kier molecular flexibility index (Phi) is 3.15. The highest BCUT2D eigenvalue weighted by molar-refractivity contribution is 9.12. The Bertz CT molecular complexity index is 505. The maximum absolute atomic E-state index is 11.8. The van der Waals surface area contributed by atoms with Crippen molar-refractivity contribution in [3.05, 3.63) is 40.4 Å². The molecule has 2 rings (SSSR count). The van der Waals surface area contributed by atoms with E-state index < -0.39 is 11.7 Å². The van der Waals surface area contributed by atoms with Crippen molar-refractivity contribution in [1.82, 2.24) is 4.90 Å². The van der Waals surface area contributed by atoms with Crippen molar-refractivity contribution in [3.63, 3.8) is 0 Å². The first-order valence-corrected chi connectivity index (χ1v) is 6.16. The van der Waals surface area contributed by atoms with Crippen LogP contribution in [-0.2, 0) is 9.59 Å². The zero-order valence-electron chi connectivity index (χ0n) is 9.61. The molecule has 1 heterocycles. The van der Waals surface area contributed by atoms with E-state index in [1.165, 1.54) is 4.90 Å². The first kappa shape index (κ1) is 12.0. The fourth-order valence-corrected chi connectivity index (χ4v) is 2.46. The van der Waals surface area contributed by atoms with Gasteiger partial charge in [0.2, 0.25) is 0 Å². The number of rotatable bonds is 2. The van der Waals surface area contributed by atoms with Gasteiger partial charge in [-0.3, -0.25) is 9.59 Å². The van der Waals surface area contributed by atoms with Crippen LogP contribution in [0.5, 0.6) is 0 Å². The summed E-state index contributed by atoms with van der Waals surface area (Å²) in [5.41, 5.74) is 1.53. The molecule has 0 spiro atoms. The van der Waals surface area contributed by atoms with Gasteiger partial charge in [0.05, 0.1) is 10.2 Å². The predicted molar refractivity (Wildman–Crippen MR) is 69.3 cm³/mol. The minimum absolute atomic E-state index is 0.0447. The number of amides is 1. The quantitative estimate of drug-likeness (QED) is 0.786. The maximum Gasteiger partial charge on any atom is 0.300 e. The molecule has 0 saturated carbocycles. The third kappa shape index (κ3) is 1.93. The van der Waals surface area contributed by atoms with Crippen LogP contribution in [0.25, 0.3) is 5.70 Å². The zero-order chi connectivity index (χ0) is 12.6. The van der Waals surface area contributed by atoms with E-state index in [4.69, 9.17) is 0 Å². The van der Waals surface area contributed by atoms with Crippen molar-refractivity contribution < 1.29 is 9.59 Å². The summed E-state index contributed by atoms with van der Waals surface area (Å²) in [5, 5.41) is 0. The lowest BCUT2D eigenvalue weighted by molar-refractivity contribution is -0.139. The molecule has 4 heteroatoms. The molecule has 0 fully saturated rings. The molecule has 0 saturated heterocycles. The smallest absolute Gasteiger partial charge is 0.300 e. The summed E-state index contributed by atoms with van der Waals surface area (Å²) in [7, 11) is 0. The number of halogens is 1. The normalized spacial score (nSPS) is 16.4. The number of benzene rings is 1. The molecule has 0 atom stereocenters. The summed E-state index contributed by atoms with van der Waals surface area (Å²) in [6.07, 6.45) is 0. The van der Waals surface area contributed by atoms with Crippen molar-refractivity contribution >= 4 is 33.3 Å². The van der Waals surface area contributed by atoms with Gasteiger partial charge in [-0.1, -0.05) is 30.3 Å². The summed E-state index contributed by atoms with van der Waals surface area (Å²) in [6.45, 7) is 3.78. The zero-order valence-corrected chi connectivity index (χ0v) is 11.2. The average Bonchev–Trinajstić information content (AvgIpc) is 2.55. The lowest BCUT2D eigenvalue weighted by atomic mass is 10.1. The molecule has 1 aliphatic heterocycles. The number of Topliss-reactive ketones (excluding diaryl/α,β-unsaturated/α-hetero) is 1. The molecule has 1 amide bonds. The Morgan fingerprint density at radius 2 is 1.71 bits per heavy atom. The van der Waals surface area contributed by atoms with Crippen LogP contribution in [0.1, 0.15) is 19.4 Å². The van der Waals surface area contributed by atoms with Gasteiger partial charge in [-0.25, -0.2) is 0 Å². The van der Waals surface area contributed by atoms with Gasteiger partial charge >= 0.3 is 0 Å². The van der Waals surface area contributed by atoms with E-state index >= 15 is 0 Å². The molecule has 0 N–H and O–H groups in total. The maximum atomic E-state index is 11.8. The summed E-state index contributed by atoms with van der Waals surface area (Å²) in [6, 6.07) is 9.39. The average molecular weight is 294 g/mol.